The summed E-state index contributed by atoms with van der Waals surface area (Å²) in [6, 6.07) is 9.63. The summed E-state index contributed by atoms with van der Waals surface area (Å²) < 4.78 is 22.5. The number of esters is 1. The fourth-order valence-corrected chi connectivity index (χ4v) is 3.89. The molecule has 0 aliphatic rings. The van der Waals surface area contributed by atoms with Crippen molar-refractivity contribution in [2.24, 2.45) is 0 Å². The first kappa shape index (κ1) is 21.6. The number of carbonyl (C=O) groups excluding carboxylic acids is 2. The lowest BCUT2D eigenvalue weighted by Crippen LogP contribution is -2.15. The molecule has 158 valence electrons. The number of hydrogen-bond donors (Lipinski definition) is 0. The molecule has 0 N–H and O–H groups in total. The SMILES string of the molecule is CCCn1c(C)cc(C(=O)COC(=O)c2cc(C)n(-c3ccc(F)cc3)c2C)c1C. The van der Waals surface area contributed by atoms with Crippen molar-refractivity contribution in [1.82, 2.24) is 9.13 Å². The van der Waals surface area contributed by atoms with Crippen molar-refractivity contribution in [3.63, 3.8) is 0 Å². The molecule has 30 heavy (non-hydrogen) atoms. The van der Waals surface area contributed by atoms with Crippen LogP contribution in [0.25, 0.3) is 5.69 Å². The lowest BCUT2D eigenvalue weighted by Gasteiger charge is -2.10. The predicted octanol–water partition coefficient (Wildman–Crippen LogP) is 5.10. The highest BCUT2D eigenvalue weighted by Gasteiger charge is 2.21. The van der Waals surface area contributed by atoms with Crippen LogP contribution in [0.1, 0.15) is 56.8 Å². The number of aromatic nitrogens is 2. The molecule has 0 fully saturated rings. The average Bonchev–Trinajstić information content (AvgIpc) is 3.17. The van der Waals surface area contributed by atoms with Gasteiger partial charge in [-0.05, 0) is 70.5 Å². The molecular weight excluding hydrogens is 383 g/mol. The Bertz CT molecular complexity index is 1090. The Morgan fingerprint density at radius 3 is 2.20 bits per heavy atom. The van der Waals surface area contributed by atoms with Gasteiger partial charge in [-0.2, -0.15) is 0 Å². The van der Waals surface area contributed by atoms with E-state index >= 15 is 0 Å². The Labute approximate surface area is 176 Å². The molecule has 0 saturated heterocycles. The minimum absolute atomic E-state index is 0.217. The molecule has 0 amide bonds. The van der Waals surface area contributed by atoms with Gasteiger partial charge in [-0.3, -0.25) is 4.79 Å². The van der Waals surface area contributed by atoms with Crippen LogP contribution in [0.3, 0.4) is 0 Å². The van der Waals surface area contributed by atoms with Crippen molar-refractivity contribution in [2.45, 2.75) is 47.6 Å². The van der Waals surface area contributed by atoms with E-state index in [0.717, 1.165) is 35.7 Å². The molecule has 1 aromatic carbocycles. The summed E-state index contributed by atoms with van der Waals surface area (Å²) in [4.78, 5) is 25.3. The number of halogens is 1. The molecule has 3 rings (SSSR count). The number of Topliss-reactive ketones (excluding diaryl/α,β-unsaturated/α-hetero) is 1. The van der Waals surface area contributed by atoms with Crippen LogP contribution in [-0.4, -0.2) is 27.5 Å². The van der Waals surface area contributed by atoms with E-state index in [1.807, 2.05) is 31.4 Å². The molecule has 0 atom stereocenters. The summed E-state index contributed by atoms with van der Waals surface area (Å²) in [7, 11) is 0. The van der Waals surface area contributed by atoms with Crippen molar-refractivity contribution in [1.29, 1.82) is 0 Å². The topological polar surface area (TPSA) is 53.2 Å². The summed E-state index contributed by atoms with van der Waals surface area (Å²) in [5.41, 5.74) is 5.14. The molecular formula is C24H27FN2O3. The van der Waals surface area contributed by atoms with Gasteiger partial charge in [0, 0.05) is 40.6 Å². The van der Waals surface area contributed by atoms with Gasteiger partial charge in [0.2, 0.25) is 5.78 Å². The lowest BCUT2D eigenvalue weighted by molar-refractivity contribution is 0.0474. The third kappa shape index (κ3) is 4.08. The molecule has 0 unspecified atom stereocenters. The van der Waals surface area contributed by atoms with Gasteiger partial charge < -0.3 is 13.9 Å². The van der Waals surface area contributed by atoms with Gasteiger partial charge in [-0.25, -0.2) is 9.18 Å². The summed E-state index contributed by atoms with van der Waals surface area (Å²) in [5.74, 6) is -1.09. The van der Waals surface area contributed by atoms with Crippen molar-refractivity contribution in [3.05, 3.63) is 76.1 Å². The molecule has 0 aliphatic heterocycles. The number of hydrogen-bond acceptors (Lipinski definition) is 3. The first-order valence-corrected chi connectivity index (χ1v) is 10.1. The van der Waals surface area contributed by atoms with Crippen molar-refractivity contribution in [3.8, 4) is 5.69 Å². The van der Waals surface area contributed by atoms with Crippen molar-refractivity contribution in [2.75, 3.05) is 6.61 Å². The Hall–Kier alpha value is -3.15. The number of nitrogens with zero attached hydrogens (tertiary/aromatic N) is 2. The second-order valence-corrected chi connectivity index (χ2v) is 7.53. The fraction of sp³-hybridized carbons (Fsp3) is 0.333. The Balaban J connectivity index is 1.76. The van der Waals surface area contributed by atoms with Crippen LogP contribution >= 0.6 is 0 Å². The van der Waals surface area contributed by atoms with Crippen LogP contribution < -0.4 is 0 Å². The normalized spacial score (nSPS) is 11.0. The molecule has 0 spiro atoms. The highest BCUT2D eigenvalue weighted by Crippen LogP contribution is 2.22. The van der Waals surface area contributed by atoms with Crippen LogP contribution in [-0.2, 0) is 11.3 Å². The zero-order chi connectivity index (χ0) is 22.0. The van der Waals surface area contributed by atoms with E-state index in [9.17, 15) is 14.0 Å². The number of benzene rings is 1. The van der Waals surface area contributed by atoms with Gasteiger partial charge in [0.25, 0.3) is 0 Å². The van der Waals surface area contributed by atoms with Crippen LogP contribution in [0.2, 0.25) is 0 Å². The molecule has 0 saturated carbocycles. The highest BCUT2D eigenvalue weighted by atomic mass is 19.1. The average molecular weight is 410 g/mol. The zero-order valence-electron chi connectivity index (χ0n) is 18.1. The van der Waals surface area contributed by atoms with Crippen LogP contribution in [0.4, 0.5) is 4.39 Å². The third-order valence-electron chi connectivity index (χ3n) is 5.39. The Morgan fingerprint density at radius 2 is 1.57 bits per heavy atom. The van der Waals surface area contributed by atoms with E-state index in [-0.39, 0.29) is 18.2 Å². The Morgan fingerprint density at radius 1 is 0.933 bits per heavy atom. The van der Waals surface area contributed by atoms with Gasteiger partial charge in [-0.1, -0.05) is 6.92 Å². The number of rotatable bonds is 7. The maximum absolute atomic E-state index is 13.2. The maximum atomic E-state index is 13.2. The molecule has 6 heteroatoms. The lowest BCUT2D eigenvalue weighted by atomic mass is 10.1. The van der Waals surface area contributed by atoms with E-state index in [2.05, 4.69) is 11.5 Å². The Kier molecular flexibility index (Phi) is 6.25. The molecule has 3 aromatic rings. The fourth-order valence-electron chi connectivity index (χ4n) is 3.89. The number of carbonyl (C=O) groups is 2. The molecule has 0 radical (unpaired) electrons. The second kappa shape index (κ2) is 8.69. The maximum Gasteiger partial charge on any atom is 0.340 e. The van der Waals surface area contributed by atoms with Crippen LogP contribution in [0.5, 0.6) is 0 Å². The first-order chi connectivity index (χ1) is 14.2. The molecule has 0 aliphatic carbocycles. The summed E-state index contributed by atoms with van der Waals surface area (Å²) in [5, 5.41) is 0. The summed E-state index contributed by atoms with van der Waals surface area (Å²) in [6.07, 6.45) is 0.975. The van der Waals surface area contributed by atoms with Crippen molar-refractivity contribution < 1.29 is 18.7 Å². The monoisotopic (exact) mass is 410 g/mol. The van der Waals surface area contributed by atoms with Crippen LogP contribution in [0.15, 0.2) is 36.4 Å². The van der Waals surface area contributed by atoms with Gasteiger partial charge in [0.15, 0.2) is 6.61 Å². The first-order valence-electron chi connectivity index (χ1n) is 10.1. The van der Waals surface area contributed by atoms with E-state index in [1.54, 1.807) is 25.1 Å². The quantitative estimate of drug-likeness (QED) is 0.402. The predicted molar refractivity (Wildman–Crippen MR) is 114 cm³/mol. The summed E-state index contributed by atoms with van der Waals surface area (Å²) >= 11 is 0. The molecule has 2 heterocycles. The highest BCUT2D eigenvalue weighted by molar-refractivity contribution is 6.00. The second-order valence-electron chi connectivity index (χ2n) is 7.53. The van der Waals surface area contributed by atoms with Gasteiger partial charge in [0.1, 0.15) is 5.82 Å². The van der Waals surface area contributed by atoms with E-state index in [0.29, 0.717) is 16.8 Å². The van der Waals surface area contributed by atoms with Crippen LogP contribution in [0, 0.1) is 33.5 Å². The minimum atomic E-state index is -0.549. The molecule has 0 bridgehead atoms. The van der Waals surface area contributed by atoms with Gasteiger partial charge in [-0.15, -0.1) is 0 Å². The minimum Gasteiger partial charge on any atom is -0.454 e. The molecule has 2 aromatic heterocycles. The smallest absolute Gasteiger partial charge is 0.340 e. The van der Waals surface area contributed by atoms with E-state index in [1.165, 1.54) is 12.1 Å². The van der Waals surface area contributed by atoms with Gasteiger partial charge in [0.05, 0.1) is 5.56 Å². The number of ketones is 1. The van der Waals surface area contributed by atoms with Crippen molar-refractivity contribution >= 4 is 11.8 Å². The largest absolute Gasteiger partial charge is 0.454 e. The number of ether oxygens (including phenoxy) is 1. The van der Waals surface area contributed by atoms with E-state index in [4.69, 9.17) is 4.74 Å². The van der Waals surface area contributed by atoms with Gasteiger partial charge >= 0.3 is 5.97 Å². The summed E-state index contributed by atoms with van der Waals surface area (Å²) in [6.45, 7) is 10.2. The zero-order valence-corrected chi connectivity index (χ0v) is 18.1. The molecule has 5 nitrogen and oxygen atoms in total. The third-order valence-corrected chi connectivity index (χ3v) is 5.39. The van der Waals surface area contributed by atoms with E-state index < -0.39 is 5.97 Å². The standard InChI is InChI=1S/C24H27FN2O3/c1-6-11-26-15(2)12-21(17(26)4)23(28)14-30-24(29)22-13-16(3)27(18(22)5)20-9-7-19(25)8-10-20/h7-10,12-13H,6,11,14H2,1-5H3. The number of aryl methyl sites for hydroxylation is 2.